The van der Waals surface area contributed by atoms with E-state index in [1.807, 2.05) is 0 Å². The van der Waals surface area contributed by atoms with Crippen LogP contribution in [0.2, 0.25) is 0 Å². The van der Waals surface area contributed by atoms with Gasteiger partial charge in [0.15, 0.2) is 11.5 Å². The molecule has 3 rings (SSSR count). The van der Waals surface area contributed by atoms with E-state index in [0.717, 1.165) is 0 Å². The van der Waals surface area contributed by atoms with Crippen LogP contribution >= 0.6 is 0 Å². The summed E-state index contributed by atoms with van der Waals surface area (Å²) in [6, 6.07) is 10.3. The standard InChI is InChI=1S/C20H19NO6/c1-23-16-9-14(10-17(11-16)24-2)20(22)21-7-3-4-8-25-15-5-6-18-19(12-15)27-13-26-18/h5-6,9-12H,7-8,13H2,1-2H3,(H,21,22). The van der Waals surface area contributed by atoms with Gasteiger partial charge in [0.1, 0.15) is 23.9 Å². The molecule has 0 aliphatic carbocycles. The van der Waals surface area contributed by atoms with Gasteiger partial charge in [0.2, 0.25) is 6.79 Å². The lowest BCUT2D eigenvalue weighted by atomic mass is 10.2. The molecule has 0 unspecified atom stereocenters. The summed E-state index contributed by atoms with van der Waals surface area (Å²) in [5.41, 5.74) is 0.435. The molecule has 1 heterocycles. The number of ether oxygens (including phenoxy) is 5. The number of carbonyl (C=O) groups is 1. The first kappa shape index (κ1) is 18.3. The van der Waals surface area contributed by atoms with Gasteiger partial charge in [0.05, 0.1) is 20.8 Å². The third kappa shape index (κ3) is 4.76. The van der Waals surface area contributed by atoms with E-state index >= 15 is 0 Å². The summed E-state index contributed by atoms with van der Waals surface area (Å²) in [5, 5.41) is 2.72. The first-order valence-electron chi connectivity index (χ1n) is 8.19. The van der Waals surface area contributed by atoms with Crippen molar-refractivity contribution in [1.29, 1.82) is 0 Å². The maximum absolute atomic E-state index is 12.2. The van der Waals surface area contributed by atoms with Crippen LogP contribution in [0.1, 0.15) is 10.4 Å². The number of rotatable bonds is 6. The molecule has 2 aromatic carbocycles. The molecule has 140 valence electrons. The highest BCUT2D eigenvalue weighted by Crippen LogP contribution is 2.34. The van der Waals surface area contributed by atoms with E-state index < -0.39 is 0 Å². The predicted molar refractivity (Wildman–Crippen MR) is 97.7 cm³/mol. The van der Waals surface area contributed by atoms with Crippen molar-refractivity contribution in [3.8, 4) is 40.6 Å². The molecule has 0 atom stereocenters. The molecule has 0 fully saturated rings. The lowest BCUT2D eigenvalue weighted by Crippen LogP contribution is -2.23. The monoisotopic (exact) mass is 369 g/mol. The Morgan fingerprint density at radius 1 is 1.00 bits per heavy atom. The van der Waals surface area contributed by atoms with Crippen molar-refractivity contribution in [1.82, 2.24) is 5.32 Å². The quantitative estimate of drug-likeness (QED) is 0.787. The van der Waals surface area contributed by atoms with Crippen molar-refractivity contribution in [2.45, 2.75) is 0 Å². The van der Waals surface area contributed by atoms with Crippen LogP contribution < -0.4 is 29.0 Å². The van der Waals surface area contributed by atoms with Crippen molar-refractivity contribution < 1.29 is 28.5 Å². The Morgan fingerprint density at radius 3 is 2.48 bits per heavy atom. The van der Waals surface area contributed by atoms with E-state index in [-0.39, 0.29) is 25.9 Å². The van der Waals surface area contributed by atoms with Gasteiger partial charge in [-0.15, -0.1) is 0 Å². The Bertz CT molecular complexity index is 862. The predicted octanol–water partition coefficient (Wildman–Crippen LogP) is 2.24. The van der Waals surface area contributed by atoms with Gasteiger partial charge in [-0.2, -0.15) is 0 Å². The smallest absolute Gasteiger partial charge is 0.252 e. The first-order valence-corrected chi connectivity index (χ1v) is 8.19. The molecule has 27 heavy (non-hydrogen) atoms. The second-order valence-corrected chi connectivity index (χ2v) is 5.44. The Hall–Kier alpha value is -3.53. The molecule has 1 amide bonds. The molecule has 1 aliphatic heterocycles. The highest BCUT2D eigenvalue weighted by Gasteiger charge is 2.13. The average Bonchev–Trinajstić information content (AvgIpc) is 3.17. The second kappa shape index (κ2) is 8.72. The van der Waals surface area contributed by atoms with Gasteiger partial charge in [-0.25, -0.2) is 0 Å². The first-order chi connectivity index (χ1) is 13.2. The molecular formula is C20H19NO6. The summed E-state index contributed by atoms with van der Waals surface area (Å²) >= 11 is 0. The van der Waals surface area contributed by atoms with Gasteiger partial charge in [-0.05, 0) is 24.3 Å². The second-order valence-electron chi connectivity index (χ2n) is 5.44. The van der Waals surface area contributed by atoms with E-state index in [4.69, 9.17) is 23.7 Å². The summed E-state index contributed by atoms with van der Waals surface area (Å²) in [6.45, 7) is 0.614. The minimum atomic E-state index is -0.266. The molecule has 0 saturated heterocycles. The fraction of sp³-hybridized carbons (Fsp3) is 0.250. The number of hydrogen-bond donors (Lipinski definition) is 1. The molecule has 0 radical (unpaired) electrons. The zero-order chi connectivity index (χ0) is 19.1. The van der Waals surface area contributed by atoms with Crippen LogP contribution in [-0.2, 0) is 0 Å². The molecule has 2 aromatic rings. The van der Waals surface area contributed by atoms with Crippen LogP contribution in [-0.4, -0.2) is 40.1 Å². The topological polar surface area (TPSA) is 75.3 Å². The van der Waals surface area contributed by atoms with Gasteiger partial charge in [-0.3, -0.25) is 4.79 Å². The number of methoxy groups -OCH3 is 2. The van der Waals surface area contributed by atoms with E-state index in [1.165, 1.54) is 14.2 Å². The highest BCUT2D eigenvalue weighted by atomic mass is 16.7. The Balaban J connectivity index is 1.47. The fourth-order valence-corrected chi connectivity index (χ4v) is 2.36. The van der Waals surface area contributed by atoms with Crippen molar-refractivity contribution in [3.05, 3.63) is 42.0 Å². The molecule has 0 saturated carbocycles. The molecular weight excluding hydrogens is 350 g/mol. The maximum Gasteiger partial charge on any atom is 0.252 e. The number of benzene rings is 2. The SMILES string of the molecule is COc1cc(OC)cc(C(=O)NCC#CCOc2ccc3c(c2)OCO3)c1. The molecule has 7 heteroatoms. The number of fused-ring (bicyclic) bond motifs is 1. The molecule has 7 nitrogen and oxygen atoms in total. The summed E-state index contributed by atoms with van der Waals surface area (Å²) in [4.78, 5) is 12.2. The summed E-state index contributed by atoms with van der Waals surface area (Å²) < 4.78 is 26.4. The van der Waals surface area contributed by atoms with Crippen LogP contribution in [0.4, 0.5) is 0 Å². The summed E-state index contributed by atoms with van der Waals surface area (Å²) in [7, 11) is 3.06. The molecule has 0 aromatic heterocycles. The van der Waals surface area contributed by atoms with Crippen molar-refractivity contribution >= 4 is 5.91 Å². The van der Waals surface area contributed by atoms with Gasteiger partial charge in [0.25, 0.3) is 5.91 Å². The summed E-state index contributed by atoms with van der Waals surface area (Å²) in [5.74, 6) is 8.50. The molecule has 1 N–H and O–H groups in total. The van der Waals surface area contributed by atoms with Crippen molar-refractivity contribution in [2.24, 2.45) is 0 Å². The molecule has 0 bridgehead atoms. The van der Waals surface area contributed by atoms with E-state index in [2.05, 4.69) is 17.2 Å². The number of carbonyl (C=O) groups excluding carboxylic acids is 1. The largest absolute Gasteiger partial charge is 0.497 e. The highest BCUT2D eigenvalue weighted by molar-refractivity contribution is 5.95. The van der Waals surface area contributed by atoms with Gasteiger partial charge < -0.3 is 29.0 Å². The van der Waals surface area contributed by atoms with E-state index in [1.54, 1.807) is 36.4 Å². The Morgan fingerprint density at radius 2 is 1.74 bits per heavy atom. The van der Waals surface area contributed by atoms with Crippen LogP contribution in [0, 0.1) is 11.8 Å². The maximum atomic E-state index is 12.2. The third-order valence-corrected chi connectivity index (χ3v) is 3.73. The number of nitrogens with one attached hydrogen (secondary N) is 1. The van der Waals surface area contributed by atoms with E-state index in [0.29, 0.717) is 34.3 Å². The molecule has 0 spiro atoms. The van der Waals surface area contributed by atoms with Crippen LogP contribution in [0.25, 0.3) is 0 Å². The van der Waals surface area contributed by atoms with Crippen molar-refractivity contribution in [3.63, 3.8) is 0 Å². The number of amides is 1. The van der Waals surface area contributed by atoms with Gasteiger partial charge in [0, 0.05) is 17.7 Å². The lowest BCUT2D eigenvalue weighted by molar-refractivity contribution is 0.0958. The fourth-order valence-electron chi connectivity index (χ4n) is 2.36. The third-order valence-electron chi connectivity index (χ3n) is 3.73. The van der Waals surface area contributed by atoms with Gasteiger partial charge in [-0.1, -0.05) is 11.8 Å². The zero-order valence-electron chi connectivity index (χ0n) is 15.0. The van der Waals surface area contributed by atoms with Crippen LogP contribution in [0.5, 0.6) is 28.7 Å². The summed E-state index contributed by atoms with van der Waals surface area (Å²) in [6.07, 6.45) is 0. The zero-order valence-corrected chi connectivity index (χ0v) is 15.0. The lowest BCUT2D eigenvalue weighted by Gasteiger charge is -2.08. The minimum absolute atomic E-state index is 0.197. The Labute approximate surface area is 157 Å². The van der Waals surface area contributed by atoms with Gasteiger partial charge >= 0.3 is 0 Å². The van der Waals surface area contributed by atoms with Crippen LogP contribution in [0.15, 0.2) is 36.4 Å². The molecule has 1 aliphatic rings. The Kier molecular flexibility index (Phi) is 5.90. The van der Waals surface area contributed by atoms with E-state index in [9.17, 15) is 4.79 Å². The number of hydrogen-bond acceptors (Lipinski definition) is 6. The van der Waals surface area contributed by atoms with Crippen LogP contribution in [0.3, 0.4) is 0 Å². The minimum Gasteiger partial charge on any atom is -0.497 e. The normalized spacial score (nSPS) is 11.2. The average molecular weight is 369 g/mol. The van der Waals surface area contributed by atoms with Crippen molar-refractivity contribution in [2.75, 3.05) is 34.2 Å².